The number of nitrogens with one attached hydrogen (secondary N) is 2. The molecule has 1 aliphatic carbocycles. The maximum absolute atomic E-state index is 14.9. The summed E-state index contributed by atoms with van der Waals surface area (Å²) in [6, 6.07) is 3.50. The Bertz CT molecular complexity index is 1300. The molecular formula is C23H25F3N6. The van der Waals surface area contributed by atoms with Crippen molar-refractivity contribution in [2.75, 3.05) is 5.32 Å². The van der Waals surface area contributed by atoms with Crippen LogP contribution in [0.1, 0.15) is 51.4 Å². The fourth-order valence-electron chi connectivity index (χ4n) is 4.66. The van der Waals surface area contributed by atoms with Crippen LogP contribution in [0.4, 0.5) is 19.1 Å². The number of hydrogen-bond acceptors (Lipinski definition) is 4. The molecule has 168 valence electrons. The summed E-state index contributed by atoms with van der Waals surface area (Å²) < 4.78 is 43.7. The van der Waals surface area contributed by atoms with Gasteiger partial charge in [0.1, 0.15) is 17.0 Å². The van der Waals surface area contributed by atoms with Gasteiger partial charge in [0.15, 0.2) is 5.82 Å². The molecule has 3 heterocycles. The number of rotatable bonds is 4. The summed E-state index contributed by atoms with van der Waals surface area (Å²) in [5.41, 5.74) is 3.21. The van der Waals surface area contributed by atoms with E-state index in [1.807, 2.05) is 31.4 Å². The first-order valence-electron chi connectivity index (χ1n) is 10.9. The topological polar surface area (TPSA) is 71.4 Å². The molecule has 0 aliphatic heterocycles. The van der Waals surface area contributed by atoms with E-state index in [1.165, 1.54) is 6.07 Å². The summed E-state index contributed by atoms with van der Waals surface area (Å²) >= 11 is 0. The Labute approximate surface area is 183 Å². The lowest BCUT2D eigenvalue weighted by atomic mass is 9.92. The average Bonchev–Trinajstić information content (AvgIpc) is 3.30. The molecule has 5 rings (SSSR count). The molecule has 3 aromatic heterocycles. The molecule has 0 bridgehead atoms. The zero-order valence-electron chi connectivity index (χ0n) is 18.2. The molecule has 1 fully saturated rings. The maximum Gasteiger partial charge on any atom is 0.248 e. The third-order valence-electron chi connectivity index (χ3n) is 6.23. The number of halogens is 3. The number of aryl methyl sites for hydroxylation is 1. The van der Waals surface area contributed by atoms with E-state index in [9.17, 15) is 13.2 Å². The Hall–Kier alpha value is -3.10. The van der Waals surface area contributed by atoms with Crippen molar-refractivity contribution in [1.29, 1.82) is 0 Å². The summed E-state index contributed by atoms with van der Waals surface area (Å²) in [5, 5.41) is 3.93. The number of anilines is 1. The van der Waals surface area contributed by atoms with Crippen molar-refractivity contribution in [1.82, 2.24) is 24.5 Å². The lowest BCUT2D eigenvalue weighted by molar-refractivity contribution is -0.0361. The molecule has 32 heavy (non-hydrogen) atoms. The Balaban J connectivity index is 1.48. The molecule has 0 saturated heterocycles. The first-order valence-corrected chi connectivity index (χ1v) is 10.9. The van der Waals surface area contributed by atoms with Gasteiger partial charge in [-0.2, -0.15) is 4.98 Å². The van der Waals surface area contributed by atoms with E-state index < -0.39 is 5.92 Å². The summed E-state index contributed by atoms with van der Waals surface area (Å²) in [4.78, 5) is 16.4. The van der Waals surface area contributed by atoms with Gasteiger partial charge in [0.25, 0.3) is 0 Å². The van der Waals surface area contributed by atoms with Gasteiger partial charge < -0.3 is 14.9 Å². The van der Waals surface area contributed by atoms with Crippen molar-refractivity contribution >= 4 is 28.0 Å². The molecule has 0 atom stereocenters. The molecular weight excluding hydrogens is 417 g/mol. The number of imidazole rings is 1. The van der Waals surface area contributed by atoms with Gasteiger partial charge in [-0.15, -0.1) is 0 Å². The van der Waals surface area contributed by atoms with E-state index in [0.717, 1.165) is 22.3 Å². The van der Waals surface area contributed by atoms with Crippen LogP contribution in [0.2, 0.25) is 0 Å². The highest BCUT2D eigenvalue weighted by Gasteiger charge is 2.35. The minimum absolute atomic E-state index is 0.0717. The lowest BCUT2D eigenvalue weighted by Gasteiger charge is -2.28. The van der Waals surface area contributed by atoms with E-state index in [1.54, 1.807) is 12.4 Å². The fraction of sp³-hybridized carbons (Fsp3) is 0.435. The molecule has 0 spiro atoms. The molecule has 4 aromatic rings. The van der Waals surface area contributed by atoms with E-state index in [2.05, 4.69) is 25.3 Å². The second-order valence-electron chi connectivity index (χ2n) is 8.88. The number of alkyl halides is 2. The second kappa shape index (κ2) is 7.50. The molecule has 1 saturated carbocycles. The van der Waals surface area contributed by atoms with Crippen molar-refractivity contribution in [3.63, 3.8) is 0 Å². The summed E-state index contributed by atoms with van der Waals surface area (Å²) in [5.74, 6) is -1.78. The molecule has 0 radical (unpaired) electrons. The Morgan fingerprint density at radius 2 is 1.94 bits per heavy atom. The summed E-state index contributed by atoms with van der Waals surface area (Å²) in [6.45, 7) is 5.96. The minimum Gasteiger partial charge on any atom is -0.351 e. The van der Waals surface area contributed by atoms with Crippen LogP contribution < -0.4 is 5.32 Å². The van der Waals surface area contributed by atoms with Crippen LogP contribution in [0.25, 0.3) is 33.2 Å². The number of aromatic amines is 1. The third-order valence-corrected chi connectivity index (χ3v) is 6.23. The van der Waals surface area contributed by atoms with Gasteiger partial charge in [0, 0.05) is 48.3 Å². The Morgan fingerprint density at radius 1 is 1.19 bits per heavy atom. The van der Waals surface area contributed by atoms with Crippen LogP contribution in [0.15, 0.2) is 24.5 Å². The first kappa shape index (κ1) is 20.8. The summed E-state index contributed by atoms with van der Waals surface area (Å²) in [6.07, 6.45) is 3.98. The van der Waals surface area contributed by atoms with Crippen LogP contribution >= 0.6 is 0 Å². The van der Waals surface area contributed by atoms with Gasteiger partial charge in [0.05, 0.1) is 5.52 Å². The summed E-state index contributed by atoms with van der Waals surface area (Å²) in [7, 11) is 0. The lowest BCUT2D eigenvalue weighted by Crippen LogP contribution is -2.32. The van der Waals surface area contributed by atoms with Gasteiger partial charge in [-0.3, -0.25) is 0 Å². The quantitative estimate of drug-likeness (QED) is 0.407. The van der Waals surface area contributed by atoms with Gasteiger partial charge in [-0.25, -0.2) is 23.1 Å². The number of benzene rings is 1. The van der Waals surface area contributed by atoms with E-state index >= 15 is 0 Å². The molecule has 0 unspecified atom stereocenters. The molecule has 9 heteroatoms. The molecule has 2 N–H and O–H groups in total. The smallest absolute Gasteiger partial charge is 0.248 e. The zero-order chi connectivity index (χ0) is 22.6. The van der Waals surface area contributed by atoms with Crippen LogP contribution in [-0.4, -0.2) is 36.5 Å². The number of aromatic nitrogens is 5. The SMILES string of the molecule is Cc1nc2c(F)cc(-c3c[nH]c4nc(NC5CCC(F)(F)CC5)ncc34)cc2n1C(C)C. The molecule has 1 aliphatic rings. The normalized spacial score (nSPS) is 17.0. The van der Waals surface area contributed by atoms with Crippen LogP contribution in [0, 0.1) is 12.7 Å². The van der Waals surface area contributed by atoms with Gasteiger partial charge >= 0.3 is 0 Å². The monoisotopic (exact) mass is 442 g/mol. The number of hydrogen-bond donors (Lipinski definition) is 2. The highest BCUT2D eigenvalue weighted by atomic mass is 19.3. The van der Waals surface area contributed by atoms with Crippen molar-refractivity contribution in [2.45, 2.75) is 64.5 Å². The minimum atomic E-state index is -2.57. The van der Waals surface area contributed by atoms with Gasteiger partial charge in [-0.05, 0) is 51.3 Å². The van der Waals surface area contributed by atoms with Crippen molar-refractivity contribution in [3.8, 4) is 11.1 Å². The first-order chi connectivity index (χ1) is 15.2. The third kappa shape index (κ3) is 3.59. The highest BCUT2D eigenvalue weighted by Crippen LogP contribution is 2.35. The van der Waals surface area contributed by atoms with E-state index in [0.29, 0.717) is 35.5 Å². The molecule has 6 nitrogen and oxygen atoms in total. The Kier molecular flexibility index (Phi) is 4.87. The number of H-pyrrole nitrogens is 1. The molecule has 1 aromatic carbocycles. The van der Waals surface area contributed by atoms with Crippen molar-refractivity contribution in [3.05, 3.63) is 36.2 Å². The molecule has 0 amide bonds. The van der Waals surface area contributed by atoms with Crippen molar-refractivity contribution in [2.24, 2.45) is 0 Å². The predicted molar refractivity (Wildman–Crippen MR) is 119 cm³/mol. The second-order valence-corrected chi connectivity index (χ2v) is 8.88. The van der Waals surface area contributed by atoms with Gasteiger partial charge in [-0.1, -0.05) is 0 Å². The zero-order valence-corrected chi connectivity index (χ0v) is 18.2. The van der Waals surface area contributed by atoms with Gasteiger partial charge in [0.2, 0.25) is 11.9 Å². The maximum atomic E-state index is 14.9. The predicted octanol–water partition coefficient (Wildman–Crippen LogP) is 5.99. The van der Waals surface area contributed by atoms with Crippen LogP contribution in [0.3, 0.4) is 0 Å². The standard InChI is InChI=1S/C23H25F3N6/c1-12(2)32-13(3)29-20-18(24)8-14(9-19(20)32)16-10-27-21-17(16)11-28-22(31-21)30-15-4-6-23(25,26)7-5-15/h8-12,15H,4-7H2,1-3H3,(H2,27,28,30,31). The highest BCUT2D eigenvalue weighted by molar-refractivity contribution is 5.96. The fourth-order valence-corrected chi connectivity index (χ4v) is 4.66. The number of nitrogens with zero attached hydrogens (tertiary/aromatic N) is 4. The van der Waals surface area contributed by atoms with Crippen molar-refractivity contribution < 1.29 is 13.2 Å². The largest absolute Gasteiger partial charge is 0.351 e. The number of fused-ring (bicyclic) bond motifs is 2. The van der Waals surface area contributed by atoms with E-state index in [-0.39, 0.29) is 30.7 Å². The van der Waals surface area contributed by atoms with E-state index in [4.69, 9.17) is 0 Å². The average molecular weight is 442 g/mol. The van der Waals surface area contributed by atoms with Crippen LogP contribution in [-0.2, 0) is 0 Å². The van der Waals surface area contributed by atoms with Crippen LogP contribution in [0.5, 0.6) is 0 Å². The Morgan fingerprint density at radius 3 is 2.66 bits per heavy atom.